The van der Waals surface area contributed by atoms with Crippen LogP contribution in [-0.4, -0.2) is 47.3 Å². The fraction of sp³-hybridized carbons (Fsp3) is 0.609. The normalized spacial score (nSPS) is 24.8. The lowest BCUT2D eigenvalue weighted by Crippen LogP contribution is -2.39. The molecule has 1 aromatic carbocycles. The van der Waals surface area contributed by atoms with Crippen LogP contribution in [0.1, 0.15) is 56.8 Å². The lowest BCUT2D eigenvalue weighted by atomic mass is 9.72. The molecule has 6 nitrogen and oxygen atoms in total. The first kappa shape index (κ1) is 18.8. The van der Waals surface area contributed by atoms with Crippen LogP contribution in [0.2, 0.25) is 0 Å². The van der Waals surface area contributed by atoms with Crippen LogP contribution in [0.4, 0.5) is 0 Å². The van der Waals surface area contributed by atoms with E-state index < -0.39 is 0 Å². The van der Waals surface area contributed by atoms with Crippen LogP contribution >= 0.6 is 0 Å². The first-order valence-corrected chi connectivity index (χ1v) is 11.0. The van der Waals surface area contributed by atoms with Gasteiger partial charge in [0.25, 0.3) is 0 Å². The lowest BCUT2D eigenvalue weighted by Gasteiger charge is -2.36. The van der Waals surface area contributed by atoms with Gasteiger partial charge in [-0.05, 0) is 25.7 Å². The monoisotopic (exact) mass is 395 g/mol. The average Bonchev–Trinajstić information content (AvgIpc) is 3.40. The third-order valence-corrected chi connectivity index (χ3v) is 7.17. The maximum Gasteiger partial charge on any atom is 0.232 e. The number of ether oxygens (including phenoxy) is 1. The highest BCUT2D eigenvalue weighted by Crippen LogP contribution is 2.49. The molecule has 1 aromatic heterocycles. The fourth-order valence-electron chi connectivity index (χ4n) is 5.45. The topological polar surface area (TPSA) is 68.5 Å². The van der Waals surface area contributed by atoms with E-state index in [-0.39, 0.29) is 17.3 Å². The van der Waals surface area contributed by atoms with Gasteiger partial charge in [-0.1, -0.05) is 54.8 Å². The van der Waals surface area contributed by atoms with E-state index in [1.807, 2.05) is 30.3 Å². The van der Waals surface area contributed by atoms with Gasteiger partial charge in [0.15, 0.2) is 0 Å². The van der Waals surface area contributed by atoms with E-state index in [4.69, 9.17) is 14.2 Å². The van der Waals surface area contributed by atoms with Crippen molar-refractivity contribution in [3.8, 4) is 11.4 Å². The van der Waals surface area contributed by atoms with E-state index in [9.17, 15) is 4.79 Å². The summed E-state index contributed by atoms with van der Waals surface area (Å²) in [6, 6.07) is 9.92. The van der Waals surface area contributed by atoms with E-state index in [0.717, 1.165) is 51.0 Å². The van der Waals surface area contributed by atoms with Gasteiger partial charge in [0.2, 0.25) is 17.6 Å². The Labute approximate surface area is 171 Å². The SMILES string of the molecule is O=C(C1CCCCC1)N1C[C@@H](c2nc(-c3ccccc3)no2)C2(CCOCC2)C1. The molecule has 5 rings (SSSR count). The number of rotatable bonds is 3. The standard InChI is InChI=1S/C23H29N3O3/c27-22(18-9-5-2-6-10-18)26-15-19(23(16-26)11-13-28-14-12-23)21-24-20(25-29-21)17-7-3-1-4-8-17/h1,3-4,7-8,18-19H,2,5-6,9-16H2/t19-/m0/s1. The van der Waals surface area contributed by atoms with E-state index in [1.54, 1.807) is 0 Å². The van der Waals surface area contributed by atoms with Crippen molar-refractivity contribution in [3.05, 3.63) is 36.2 Å². The molecule has 1 spiro atoms. The van der Waals surface area contributed by atoms with Gasteiger partial charge in [-0.2, -0.15) is 4.98 Å². The molecule has 0 unspecified atom stereocenters. The van der Waals surface area contributed by atoms with Crippen LogP contribution in [0, 0.1) is 11.3 Å². The first-order valence-electron chi connectivity index (χ1n) is 11.0. The molecule has 0 N–H and O–H groups in total. The zero-order valence-electron chi connectivity index (χ0n) is 16.9. The molecule has 2 aliphatic heterocycles. The molecule has 0 radical (unpaired) electrons. The zero-order valence-corrected chi connectivity index (χ0v) is 16.9. The highest BCUT2D eigenvalue weighted by Gasteiger charge is 2.52. The summed E-state index contributed by atoms with van der Waals surface area (Å²) in [5.41, 5.74) is 0.944. The van der Waals surface area contributed by atoms with Crippen molar-refractivity contribution in [2.24, 2.45) is 11.3 Å². The van der Waals surface area contributed by atoms with Crippen LogP contribution < -0.4 is 0 Å². The Morgan fingerprint density at radius 1 is 1.07 bits per heavy atom. The van der Waals surface area contributed by atoms with E-state index >= 15 is 0 Å². The van der Waals surface area contributed by atoms with Crippen molar-refractivity contribution in [2.75, 3.05) is 26.3 Å². The number of benzene rings is 1. The van der Waals surface area contributed by atoms with Crippen molar-refractivity contribution < 1.29 is 14.1 Å². The van der Waals surface area contributed by atoms with Crippen LogP contribution in [0.5, 0.6) is 0 Å². The largest absolute Gasteiger partial charge is 0.381 e. The van der Waals surface area contributed by atoms with Crippen molar-refractivity contribution >= 4 is 5.91 Å². The van der Waals surface area contributed by atoms with Gasteiger partial charge in [0.05, 0.1) is 5.92 Å². The van der Waals surface area contributed by atoms with E-state index in [2.05, 4.69) is 10.1 Å². The summed E-state index contributed by atoms with van der Waals surface area (Å²) < 4.78 is 11.4. The Kier molecular flexibility index (Phi) is 5.12. The number of hydrogen-bond acceptors (Lipinski definition) is 5. The second-order valence-corrected chi connectivity index (χ2v) is 8.90. The fourth-order valence-corrected chi connectivity index (χ4v) is 5.45. The van der Waals surface area contributed by atoms with E-state index in [1.165, 1.54) is 19.3 Å². The summed E-state index contributed by atoms with van der Waals surface area (Å²) in [5.74, 6) is 1.91. The minimum Gasteiger partial charge on any atom is -0.381 e. The van der Waals surface area contributed by atoms with Gasteiger partial charge in [-0.3, -0.25) is 4.79 Å². The Balaban J connectivity index is 1.41. The second-order valence-electron chi connectivity index (χ2n) is 8.90. The number of nitrogens with zero attached hydrogens (tertiary/aromatic N) is 3. The van der Waals surface area contributed by atoms with Gasteiger partial charge in [-0.25, -0.2) is 0 Å². The van der Waals surface area contributed by atoms with Crippen molar-refractivity contribution in [1.29, 1.82) is 0 Å². The maximum atomic E-state index is 13.3. The molecule has 1 atom stereocenters. The summed E-state index contributed by atoms with van der Waals surface area (Å²) in [7, 11) is 0. The molecular weight excluding hydrogens is 366 g/mol. The third-order valence-electron chi connectivity index (χ3n) is 7.17. The van der Waals surface area contributed by atoms with Gasteiger partial charge in [-0.15, -0.1) is 0 Å². The molecule has 0 bridgehead atoms. The van der Waals surface area contributed by atoms with Gasteiger partial charge in [0.1, 0.15) is 0 Å². The third kappa shape index (κ3) is 3.59. The van der Waals surface area contributed by atoms with Crippen LogP contribution in [-0.2, 0) is 9.53 Å². The molecule has 1 aliphatic carbocycles. The average molecular weight is 396 g/mol. The van der Waals surface area contributed by atoms with Crippen molar-refractivity contribution in [2.45, 2.75) is 50.9 Å². The predicted molar refractivity (Wildman–Crippen MR) is 108 cm³/mol. The Bertz CT molecular complexity index is 838. The number of carbonyl (C=O) groups excluding carboxylic acids is 1. The maximum absolute atomic E-state index is 13.3. The molecule has 1 amide bonds. The number of hydrogen-bond donors (Lipinski definition) is 0. The molecule has 2 saturated heterocycles. The molecule has 3 fully saturated rings. The minimum atomic E-state index is -0.0108. The Morgan fingerprint density at radius 2 is 1.83 bits per heavy atom. The summed E-state index contributed by atoms with van der Waals surface area (Å²) in [4.78, 5) is 20.1. The Hall–Kier alpha value is -2.21. The van der Waals surface area contributed by atoms with Gasteiger partial charge in [0, 0.05) is 43.2 Å². The Morgan fingerprint density at radius 3 is 2.59 bits per heavy atom. The van der Waals surface area contributed by atoms with Crippen LogP contribution in [0.15, 0.2) is 34.9 Å². The molecule has 1 saturated carbocycles. The minimum absolute atomic E-state index is 0.0108. The molecule has 2 aromatic rings. The molecule has 29 heavy (non-hydrogen) atoms. The smallest absolute Gasteiger partial charge is 0.232 e. The molecular formula is C23H29N3O3. The number of aromatic nitrogens is 2. The van der Waals surface area contributed by atoms with Crippen molar-refractivity contribution in [1.82, 2.24) is 15.0 Å². The van der Waals surface area contributed by atoms with E-state index in [0.29, 0.717) is 24.2 Å². The first-order chi connectivity index (χ1) is 14.3. The van der Waals surface area contributed by atoms with Gasteiger partial charge < -0.3 is 14.2 Å². The summed E-state index contributed by atoms with van der Waals surface area (Å²) in [5, 5.41) is 4.25. The number of likely N-dealkylation sites (tertiary alicyclic amines) is 1. The van der Waals surface area contributed by atoms with Gasteiger partial charge >= 0.3 is 0 Å². The van der Waals surface area contributed by atoms with Crippen LogP contribution in [0.25, 0.3) is 11.4 Å². The number of carbonyl (C=O) groups is 1. The molecule has 6 heteroatoms. The molecule has 3 heterocycles. The lowest BCUT2D eigenvalue weighted by molar-refractivity contribution is -0.136. The molecule has 3 aliphatic rings. The quantitative estimate of drug-likeness (QED) is 0.785. The van der Waals surface area contributed by atoms with Crippen LogP contribution in [0.3, 0.4) is 0 Å². The van der Waals surface area contributed by atoms with Crippen molar-refractivity contribution in [3.63, 3.8) is 0 Å². The molecule has 154 valence electrons. The highest BCUT2D eigenvalue weighted by atomic mass is 16.5. The summed E-state index contributed by atoms with van der Waals surface area (Å²) in [6.07, 6.45) is 7.57. The highest BCUT2D eigenvalue weighted by molar-refractivity contribution is 5.79. The predicted octanol–water partition coefficient (Wildman–Crippen LogP) is 4.04. The summed E-state index contributed by atoms with van der Waals surface area (Å²) in [6.45, 7) is 2.95. The number of amides is 1. The second kappa shape index (κ2) is 7.90. The zero-order chi connectivity index (χ0) is 19.7. The summed E-state index contributed by atoms with van der Waals surface area (Å²) >= 11 is 0.